The lowest BCUT2D eigenvalue weighted by atomic mass is 10.1. The maximum atomic E-state index is 6.12. The number of rotatable bonds is 10. The second-order valence-electron chi connectivity index (χ2n) is 7.67. The average molecular weight is 558 g/mol. The second kappa shape index (κ2) is 14.8. The lowest BCUT2D eigenvalue weighted by molar-refractivity contribution is 0.00534. The van der Waals surface area contributed by atoms with Crippen LogP contribution in [0.25, 0.3) is 0 Å². The van der Waals surface area contributed by atoms with Crippen molar-refractivity contribution in [1.82, 2.24) is 20.5 Å². The molecule has 0 amide bonds. The molecular formula is C23H36IN5OS. The van der Waals surface area contributed by atoms with E-state index in [2.05, 4.69) is 69.7 Å². The number of aryl methyl sites for hydroxylation is 1. The van der Waals surface area contributed by atoms with Gasteiger partial charge in [0.2, 0.25) is 0 Å². The number of piperidine rings is 1. The van der Waals surface area contributed by atoms with Gasteiger partial charge in [-0.3, -0.25) is 4.90 Å². The fourth-order valence-corrected chi connectivity index (χ4v) is 4.28. The standard InChI is InChI=1S/C23H35N5OS.HI/c1-3-24-23(27-17-22-26-16-19(2)30-22)25-12-7-15-29-21-10-13-28(14-11-21)18-20-8-5-4-6-9-20;/h4-6,8-9,16,21H,3,7,10-15,17-18H2,1-2H3,(H2,24,25,27);1H. The number of hydrogen-bond donors (Lipinski definition) is 2. The number of thiazole rings is 1. The fourth-order valence-electron chi connectivity index (χ4n) is 3.57. The predicted octanol–water partition coefficient (Wildman–Crippen LogP) is 4.20. The Kier molecular flexibility index (Phi) is 12.4. The number of ether oxygens (including phenoxy) is 1. The highest BCUT2D eigenvalue weighted by Crippen LogP contribution is 2.16. The van der Waals surface area contributed by atoms with E-state index in [-0.39, 0.29) is 24.0 Å². The van der Waals surface area contributed by atoms with Crippen molar-refractivity contribution in [2.75, 3.05) is 32.8 Å². The van der Waals surface area contributed by atoms with Gasteiger partial charge in [-0.05, 0) is 38.7 Å². The SMILES string of the molecule is CCNC(=NCc1ncc(C)s1)NCCCOC1CCN(Cc2ccccc2)CC1.I. The first-order chi connectivity index (χ1) is 14.7. The summed E-state index contributed by atoms with van der Waals surface area (Å²) in [5.41, 5.74) is 1.39. The van der Waals surface area contributed by atoms with Crippen LogP contribution in [-0.4, -0.2) is 54.7 Å². The van der Waals surface area contributed by atoms with Crippen molar-refractivity contribution in [3.05, 3.63) is 52.0 Å². The zero-order valence-corrected chi connectivity index (χ0v) is 21.8. The largest absolute Gasteiger partial charge is 0.378 e. The Morgan fingerprint density at radius 1 is 1.23 bits per heavy atom. The van der Waals surface area contributed by atoms with Gasteiger partial charge in [0.25, 0.3) is 0 Å². The van der Waals surface area contributed by atoms with Crippen LogP contribution >= 0.6 is 35.3 Å². The Morgan fingerprint density at radius 3 is 2.68 bits per heavy atom. The molecule has 1 aromatic carbocycles. The van der Waals surface area contributed by atoms with Crippen molar-refractivity contribution < 1.29 is 4.74 Å². The average Bonchev–Trinajstić information content (AvgIpc) is 3.19. The van der Waals surface area contributed by atoms with E-state index in [4.69, 9.17) is 4.74 Å². The minimum Gasteiger partial charge on any atom is -0.378 e. The first-order valence-corrected chi connectivity index (χ1v) is 11.9. The maximum absolute atomic E-state index is 6.12. The molecule has 0 aliphatic carbocycles. The van der Waals surface area contributed by atoms with Crippen LogP contribution in [0.2, 0.25) is 0 Å². The van der Waals surface area contributed by atoms with Crippen LogP contribution in [0.5, 0.6) is 0 Å². The molecule has 2 heterocycles. The van der Waals surface area contributed by atoms with E-state index in [1.54, 1.807) is 11.3 Å². The van der Waals surface area contributed by atoms with Crippen LogP contribution in [0.3, 0.4) is 0 Å². The van der Waals surface area contributed by atoms with Crippen molar-refractivity contribution in [3.8, 4) is 0 Å². The molecule has 0 atom stereocenters. The number of aromatic nitrogens is 1. The number of nitrogens with one attached hydrogen (secondary N) is 2. The summed E-state index contributed by atoms with van der Waals surface area (Å²) in [5, 5.41) is 7.74. The van der Waals surface area contributed by atoms with Gasteiger partial charge >= 0.3 is 0 Å². The van der Waals surface area contributed by atoms with Crippen molar-refractivity contribution in [2.24, 2.45) is 4.99 Å². The third-order valence-corrected chi connectivity index (χ3v) is 6.03. The van der Waals surface area contributed by atoms with E-state index < -0.39 is 0 Å². The van der Waals surface area contributed by atoms with Gasteiger partial charge in [0.05, 0.1) is 12.6 Å². The maximum Gasteiger partial charge on any atom is 0.191 e. The summed E-state index contributed by atoms with van der Waals surface area (Å²) in [7, 11) is 0. The molecule has 0 unspecified atom stereocenters. The Labute approximate surface area is 207 Å². The number of hydrogen-bond acceptors (Lipinski definition) is 5. The monoisotopic (exact) mass is 557 g/mol. The molecule has 172 valence electrons. The highest BCUT2D eigenvalue weighted by atomic mass is 127. The molecule has 0 radical (unpaired) electrons. The molecule has 1 aliphatic rings. The third kappa shape index (κ3) is 9.84. The van der Waals surface area contributed by atoms with Crippen LogP contribution in [0.4, 0.5) is 0 Å². The molecule has 0 bridgehead atoms. The molecule has 2 aromatic rings. The van der Waals surface area contributed by atoms with Crippen molar-refractivity contribution in [1.29, 1.82) is 0 Å². The van der Waals surface area contributed by atoms with Crippen molar-refractivity contribution in [2.45, 2.75) is 52.3 Å². The summed E-state index contributed by atoms with van der Waals surface area (Å²) in [6.07, 6.45) is 5.52. The molecule has 31 heavy (non-hydrogen) atoms. The minimum atomic E-state index is 0. The van der Waals surface area contributed by atoms with Gasteiger partial charge in [-0.2, -0.15) is 0 Å². The van der Waals surface area contributed by atoms with Gasteiger partial charge < -0.3 is 15.4 Å². The van der Waals surface area contributed by atoms with Gasteiger partial charge in [0.15, 0.2) is 5.96 Å². The smallest absolute Gasteiger partial charge is 0.191 e. The molecule has 0 spiro atoms. The Hall–Kier alpha value is -1.23. The van der Waals surface area contributed by atoms with E-state index in [1.165, 1.54) is 10.4 Å². The molecule has 0 saturated carbocycles. The van der Waals surface area contributed by atoms with Gasteiger partial charge in [0, 0.05) is 50.4 Å². The number of nitrogens with zero attached hydrogens (tertiary/aromatic N) is 3. The van der Waals surface area contributed by atoms with Crippen molar-refractivity contribution >= 4 is 41.3 Å². The number of guanidine groups is 1. The summed E-state index contributed by atoms with van der Waals surface area (Å²) in [5.74, 6) is 0.847. The Morgan fingerprint density at radius 2 is 2.00 bits per heavy atom. The van der Waals surface area contributed by atoms with Crippen LogP contribution < -0.4 is 10.6 Å². The summed E-state index contributed by atoms with van der Waals surface area (Å²) in [6.45, 7) is 10.5. The molecule has 1 fully saturated rings. The van der Waals surface area contributed by atoms with E-state index >= 15 is 0 Å². The zero-order chi connectivity index (χ0) is 21.0. The van der Waals surface area contributed by atoms with Gasteiger partial charge in [-0.1, -0.05) is 30.3 Å². The molecule has 1 aromatic heterocycles. The van der Waals surface area contributed by atoms with E-state index in [0.29, 0.717) is 12.6 Å². The lowest BCUT2D eigenvalue weighted by Gasteiger charge is -2.32. The molecule has 1 saturated heterocycles. The van der Waals surface area contributed by atoms with Crippen LogP contribution in [-0.2, 0) is 17.8 Å². The second-order valence-corrected chi connectivity index (χ2v) is 8.99. The normalized spacial score (nSPS) is 15.5. The molecule has 1 aliphatic heterocycles. The van der Waals surface area contributed by atoms with Gasteiger partial charge in [0.1, 0.15) is 5.01 Å². The minimum absolute atomic E-state index is 0. The van der Waals surface area contributed by atoms with Crippen LogP contribution in [0.15, 0.2) is 41.5 Å². The first-order valence-electron chi connectivity index (χ1n) is 11.0. The number of likely N-dealkylation sites (tertiary alicyclic amines) is 1. The Balaban J connectivity index is 0.00000341. The topological polar surface area (TPSA) is 61.8 Å². The molecule has 3 rings (SSSR count). The molecular weight excluding hydrogens is 521 g/mol. The van der Waals surface area contributed by atoms with E-state index in [1.807, 2.05) is 6.20 Å². The van der Waals surface area contributed by atoms with Crippen LogP contribution in [0.1, 0.15) is 41.6 Å². The first kappa shape index (κ1) is 26.0. The lowest BCUT2D eigenvalue weighted by Crippen LogP contribution is -2.38. The highest BCUT2D eigenvalue weighted by molar-refractivity contribution is 14.0. The zero-order valence-electron chi connectivity index (χ0n) is 18.7. The predicted molar refractivity (Wildman–Crippen MR) is 140 cm³/mol. The Bertz CT molecular complexity index is 762. The van der Waals surface area contributed by atoms with E-state index in [9.17, 15) is 0 Å². The molecule has 6 nitrogen and oxygen atoms in total. The van der Waals surface area contributed by atoms with E-state index in [0.717, 1.165) is 69.6 Å². The molecule has 2 N–H and O–H groups in total. The highest BCUT2D eigenvalue weighted by Gasteiger charge is 2.19. The van der Waals surface area contributed by atoms with Crippen molar-refractivity contribution in [3.63, 3.8) is 0 Å². The third-order valence-electron chi connectivity index (χ3n) is 5.14. The van der Waals surface area contributed by atoms with Crippen LogP contribution in [0, 0.1) is 6.92 Å². The summed E-state index contributed by atoms with van der Waals surface area (Å²) in [6, 6.07) is 10.7. The summed E-state index contributed by atoms with van der Waals surface area (Å²) < 4.78 is 6.12. The number of aliphatic imine (C=N–C) groups is 1. The molecule has 8 heteroatoms. The fraction of sp³-hybridized carbons (Fsp3) is 0.565. The van der Waals surface area contributed by atoms with Gasteiger partial charge in [-0.15, -0.1) is 35.3 Å². The number of halogens is 1. The van der Waals surface area contributed by atoms with Gasteiger partial charge in [-0.25, -0.2) is 9.98 Å². The number of benzene rings is 1. The summed E-state index contributed by atoms with van der Waals surface area (Å²) in [4.78, 5) is 12.7. The quantitative estimate of drug-likeness (QED) is 0.199. The summed E-state index contributed by atoms with van der Waals surface area (Å²) >= 11 is 1.70.